The van der Waals surface area contributed by atoms with Crippen molar-refractivity contribution in [2.45, 2.75) is 30.6 Å². The maximum absolute atomic E-state index is 11.2. The van der Waals surface area contributed by atoms with Crippen molar-refractivity contribution in [3.8, 4) is 0 Å². The molecule has 0 bridgehead atoms. The van der Waals surface area contributed by atoms with Gasteiger partial charge in [-0.15, -0.1) is 0 Å². The van der Waals surface area contributed by atoms with Crippen molar-refractivity contribution < 1.29 is 35.0 Å². The molecule has 7 N–H and O–H groups in total. The van der Waals surface area contributed by atoms with Crippen LogP contribution in [0.2, 0.25) is 0 Å². The minimum atomic E-state index is -5.25. The topological polar surface area (TPSA) is 160 Å². The second-order valence-electron chi connectivity index (χ2n) is 4.98. The Morgan fingerprint density at radius 1 is 1.05 bits per heavy atom. The molecular weight excluding hydrogens is 408 g/mol. The van der Waals surface area contributed by atoms with Gasteiger partial charge in [-0.1, -0.05) is 0 Å². The number of nitrogens with one attached hydrogen (secondary N) is 1. The molecule has 0 aromatic heterocycles. The summed E-state index contributed by atoms with van der Waals surface area (Å²) in [6.45, 7) is -0.538. The van der Waals surface area contributed by atoms with Crippen molar-refractivity contribution in [2.75, 3.05) is 11.9 Å². The van der Waals surface area contributed by atoms with Crippen molar-refractivity contribution in [1.29, 1.82) is 0 Å². The van der Waals surface area contributed by atoms with Gasteiger partial charge in [0.05, 0.1) is 0 Å². The van der Waals surface area contributed by atoms with Crippen LogP contribution in [0.1, 0.15) is 0 Å². The molecule has 124 valence electrons. The number of rotatable bonds is 4. The van der Waals surface area contributed by atoms with Gasteiger partial charge in [-0.25, -0.2) is 0 Å². The first-order chi connectivity index (χ1) is 10.2. The molecule has 1 aromatic carbocycles. The predicted octanol–water partition coefficient (Wildman–Crippen LogP) is -3.54. The van der Waals surface area contributed by atoms with E-state index in [4.69, 9.17) is 16.6 Å². The van der Waals surface area contributed by atoms with E-state index in [2.05, 4.69) is 5.32 Å². The van der Waals surface area contributed by atoms with E-state index in [1.807, 2.05) is 0 Å². The Bertz CT molecular complexity index is 545. The molecule has 1 fully saturated rings. The predicted molar refractivity (Wildman–Crippen MR) is 74.3 cm³/mol. The second-order valence-corrected chi connectivity index (χ2v) is 9.56. The molecule has 1 aliphatic heterocycles. The molecule has 9 nitrogen and oxygen atoms in total. The van der Waals surface area contributed by atoms with Crippen LogP contribution in [0.25, 0.3) is 0 Å². The number of aliphatic hydroxyl groups is 4. The van der Waals surface area contributed by atoms with Crippen LogP contribution in [0.5, 0.6) is 0 Å². The first kappa shape index (κ1) is 17.7. The average molecular weight is 426 g/mol. The summed E-state index contributed by atoms with van der Waals surface area (Å²) in [7, 11) is 0. The maximum atomic E-state index is 11.2. The van der Waals surface area contributed by atoms with Crippen molar-refractivity contribution in [1.82, 2.24) is 0 Å². The molecule has 5 atom stereocenters. The van der Waals surface area contributed by atoms with Crippen LogP contribution in [-0.2, 0) is 7.75 Å². The van der Waals surface area contributed by atoms with E-state index in [0.717, 1.165) is 0 Å². The number of hydrogen-bond donors (Lipinski definition) is 7. The van der Waals surface area contributed by atoms with Crippen LogP contribution in [0.3, 0.4) is 0 Å². The number of ether oxygens (including phenoxy) is 1. The van der Waals surface area contributed by atoms with Gasteiger partial charge < -0.3 is 0 Å². The molecule has 2 rings (SSSR count). The molecule has 1 heterocycles. The van der Waals surface area contributed by atoms with Gasteiger partial charge in [-0.3, -0.25) is 0 Å². The number of hydrogen-bond acceptors (Lipinski definition) is 7. The zero-order chi connectivity index (χ0) is 16.5. The summed E-state index contributed by atoms with van der Waals surface area (Å²) in [5.74, 6) is 0. The van der Waals surface area contributed by atoms with Crippen LogP contribution in [0, 0.1) is 0 Å². The van der Waals surface area contributed by atoms with Crippen molar-refractivity contribution >= 4 is 28.8 Å². The fourth-order valence-electron chi connectivity index (χ4n) is 2.14. The number of anilines is 1. The van der Waals surface area contributed by atoms with E-state index in [1.54, 1.807) is 0 Å². The quantitative estimate of drug-likeness (QED) is 0.242. The molecule has 1 saturated heterocycles. The molecule has 0 unspecified atom stereocenters. The van der Waals surface area contributed by atoms with Gasteiger partial charge in [0, 0.05) is 0 Å². The van der Waals surface area contributed by atoms with Gasteiger partial charge in [-0.05, 0) is 0 Å². The zero-order valence-corrected chi connectivity index (χ0v) is 13.9. The van der Waals surface area contributed by atoms with E-state index in [-0.39, 0.29) is 3.51 Å². The van der Waals surface area contributed by atoms with Crippen LogP contribution in [-0.4, -0.2) is 84.1 Å². The Morgan fingerprint density at radius 2 is 1.64 bits per heavy atom. The van der Waals surface area contributed by atoms with Crippen molar-refractivity contribution in [3.63, 3.8) is 0 Å². The van der Waals surface area contributed by atoms with Crippen LogP contribution in [0.4, 0.5) is 5.69 Å². The third-order valence-corrected chi connectivity index (χ3v) is 6.18. The van der Waals surface area contributed by atoms with Gasteiger partial charge in [0.25, 0.3) is 0 Å². The summed E-state index contributed by atoms with van der Waals surface area (Å²) >= 11 is -5.25. The van der Waals surface area contributed by atoms with Gasteiger partial charge in [-0.2, -0.15) is 0 Å². The Balaban J connectivity index is 2.11. The molecule has 0 spiro atoms. The zero-order valence-electron chi connectivity index (χ0n) is 11.4. The van der Waals surface area contributed by atoms with Crippen LogP contribution >= 0.6 is 0 Å². The number of benzene rings is 1. The summed E-state index contributed by atoms with van der Waals surface area (Å²) in [4.78, 5) is 0. The average Bonchev–Trinajstić information content (AvgIpc) is 2.47. The standard InChI is InChI=1S/C12H16NO5.2H2O.O.Sb/c14-6-8-9(15)10(16)11(17)12(18-8)13-7-4-2-1-3-5-7;;;;/h2-5,8-17H,6H2;2*1H2;;/q;;;;+2/p-2/t8-,9-,10+,11-,12-;;;;/m1..../s1. The van der Waals surface area contributed by atoms with Crippen LogP contribution < -0.4 is 8.83 Å². The molecule has 0 saturated carbocycles. The summed E-state index contributed by atoms with van der Waals surface area (Å²) in [5, 5.41) is 41.0. The summed E-state index contributed by atoms with van der Waals surface area (Å²) in [6.07, 6.45) is -6.51. The Morgan fingerprint density at radius 3 is 2.14 bits per heavy atom. The molecule has 0 radical (unpaired) electrons. The Labute approximate surface area is 130 Å². The first-order valence-electron chi connectivity index (χ1n) is 6.47. The molecule has 0 aliphatic carbocycles. The molecule has 10 heteroatoms. The molecule has 0 amide bonds. The third-order valence-electron chi connectivity index (χ3n) is 3.40. The summed E-state index contributed by atoms with van der Waals surface area (Å²) < 4.78 is 34.5. The number of aliphatic hydroxyl groups excluding tert-OH is 4. The minimum absolute atomic E-state index is 0.0714. The van der Waals surface area contributed by atoms with E-state index in [1.165, 1.54) is 24.3 Å². The second kappa shape index (κ2) is 6.86. The van der Waals surface area contributed by atoms with E-state index in [9.17, 15) is 18.3 Å². The van der Waals surface area contributed by atoms with Gasteiger partial charge in [0.1, 0.15) is 0 Å². The Hall–Kier alpha value is -0.642. The van der Waals surface area contributed by atoms with Gasteiger partial charge >= 0.3 is 131 Å². The van der Waals surface area contributed by atoms with Crippen molar-refractivity contribution in [2.24, 2.45) is 0 Å². The van der Waals surface area contributed by atoms with E-state index < -0.39 is 56.9 Å². The van der Waals surface area contributed by atoms with E-state index >= 15 is 0 Å². The first-order valence-corrected chi connectivity index (χ1v) is 11.1. The van der Waals surface area contributed by atoms with Crippen molar-refractivity contribution in [3.05, 3.63) is 24.3 Å². The van der Waals surface area contributed by atoms with E-state index in [0.29, 0.717) is 5.69 Å². The fourth-order valence-corrected chi connectivity index (χ4v) is 3.67. The van der Waals surface area contributed by atoms with Crippen LogP contribution in [0.15, 0.2) is 24.3 Å². The molecule has 1 aliphatic rings. The molecular formula is C12H18NO8Sb. The fraction of sp³-hybridized carbons (Fsp3) is 0.500. The van der Waals surface area contributed by atoms with Gasteiger partial charge in [0.15, 0.2) is 0 Å². The summed E-state index contributed by atoms with van der Waals surface area (Å²) in [6, 6.07) is 5.30. The third kappa shape index (κ3) is 3.81. The van der Waals surface area contributed by atoms with Gasteiger partial charge in [0.2, 0.25) is 0 Å². The monoisotopic (exact) mass is 425 g/mol. The Kier molecular flexibility index (Phi) is 5.52. The molecule has 22 heavy (non-hydrogen) atoms. The summed E-state index contributed by atoms with van der Waals surface area (Å²) in [5.41, 5.74) is 0.391. The normalized spacial score (nSPS) is 32.7. The molecule has 1 aromatic rings. The SMILES string of the molecule is [O]=[Sb]([OH])([OH])[c]1ccc(N[C@@H]2O[C@H](CO)[C@@H](O)[C@H](O)[C@H]2O)cc1.